The third kappa shape index (κ3) is 5.80. The lowest BCUT2D eigenvalue weighted by atomic mass is 10.2. The van der Waals surface area contributed by atoms with Crippen LogP contribution in [0.3, 0.4) is 0 Å². The molecule has 0 bridgehead atoms. The van der Waals surface area contributed by atoms with Gasteiger partial charge in [-0.2, -0.15) is 0 Å². The Balaban J connectivity index is 1.38. The number of hydrogen-bond acceptors (Lipinski definition) is 4. The number of nitrogens with one attached hydrogen (secondary N) is 1. The van der Waals surface area contributed by atoms with Gasteiger partial charge in [-0.05, 0) is 29.8 Å². The second-order valence-corrected chi connectivity index (χ2v) is 6.86. The average molecular weight is 380 g/mol. The van der Waals surface area contributed by atoms with E-state index in [1.807, 2.05) is 54.6 Å². The van der Waals surface area contributed by atoms with E-state index in [0.29, 0.717) is 25.4 Å². The third-order valence-electron chi connectivity index (χ3n) is 3.89. The Hall–Kier alpha value is -2.91. The first-order valence-electron chi connectivity index (χ1n) is 8.64. The highest BCUT2D eigenvalue weighted by molar-refractivity contribution is 7.99. The average Bonchev–Trinajstić information content (AvgIpc) is 3.12. The number of rotatable bonds is 6. The topological polar surface area (TPSA) is 58.6 Å². The Morgan fingerprint density at radius 2 is 1.93 bits per heavy atom. The van der Waals surface area contributed by atoms with Gasteiger partial charge in [-0.25, -0.2) is 4.79 Å². The molecule has 1 fully saturated rings. The van der Waals surface area contributed by atoms with Crippen molar-refractivity contribution < 1.29 is 14.3 Å². The van der Waals surface area contributed by atoms with Gasteiger partial charge in [0.1, 0.15) is 6.61 Å². The van der Waals surface area contributed by atoms with E-state index in [0.717, 1.165) is 17.0 Å². The summed E-state index contributed by atoms with van der Waals surface area (Å²) in [5.41, 5.74) is 2.84. The van der Waals surface area contributed by atoms with E-state index in [-0.39, 0.29) is 12.0 Å². The zero-order chi connectivity index (χ0) is 18.9. The number of thioether (sulfide) groups is 1. The van der Waals surface area contributed by atoms with E-state index < -0.39 is 0 Å². The lowest BCUT2D eigenvalue weighted by Crippen LogP contribution is -2.25. The SMILES string of the molecule is O=C(CSCc1ccccc1)NCC#Cc1ccc(N2CCOC2=O)cc1. The van der Waals surface area contributed by atoms with Gasteiger partial charge in [0.25, 0.3) is 0 Å². The molecule has 1 aliphatic heterocycles. The maximum Gasteiger partial charge on any atom is 0.414 e. The van der Waals surface area contributed by atoms with E-state index in [9.17, 15) is 9.59 Å². The summed E-state index contributed by atoms with van der Waals surface area (Å²) in [6, 6.07) is 17.5. The van der Waals surface area contributed by atoms with Crippen LogP contribution in [0.2, 0.25) is 0 Å². The molecule has 1 aliphatic rings. The van der Waals surface area contributed by atoms with Crippen LogP contribution in [0.5, 0.6) is 0 Å². The van der Waals surface area contributed by atoms with Crippen LogP contribution in [0.4, 0.5) is 10.5 Å². The monoisotopic (exact) mass is 380 g/mol. The molecule has 27 heavy (non-hydrogen) atoms. The Labute approximate surface area is 163 Å². The maximum atomic E-state index is 11.8. The molecule has 0 unspecified atom stereocenters. The van der Waals surface area contributed by atoms with Crippen molar-refractivity contribution in [3.05, 3.63) is 65.7 Å². The Bertz CT molecular complexity index is 841. The summed E-state index contributed by atoms with van der Waals surface area (Å²) in [6.45, 7) is 1.30. The number of benzene rings is 2. The molecule has 138 valence electrons. The van der Waals surface area contributed by atoms with Crippen molar-refractivity contribution in [3.63, 3.8) is 0 Å². The molecule has 1 saturated heterocycles. The van der Waals surface area contributed by atoms with E-state index >= 15 is 0 Å². The zero-order valence-electron chi connectivity index (χ0n) is 14.8. The van der Waals surface area contributed by atoms with Gasteiger partial charge < -0.3 is 10.1 Å². The van der Waals surface area contributed by atoms with Crippen LogP contribution in [0, 0.1) is 11.8 Å². The van der Waals surface area contributed by atoms with Crippen LogP contribution in [-0.2, 0) is 15.3 Å². The minimum absolute atomic E-state index is 0.0203. The predicted molar refractivity (Wildman–Crippen MR) is 108 cm³/mol. The van der Waals surface area contributed by atoms with Crippen molar-refractivity contribution in [2.45, 2.75) is 5.75 Å². The summed E-state index contributed by atoms with van der Waals surface area (Å²) in [5, 5.41) is 2.80. The summed E-state index contributed by atoms with van der Waals surface area (Å²) in [4.78, 5) is 24.9. The molecular weight excluding hydrogens is 360 g/mol. The van der Waals surface area contributed by atoms with E-state index in [4.69, 9.17) is 4.74 Å². The van der Waals surface area contributed by atoms with Crippen molar-refractivity contribution in [1.82, 2.24) is 5.32 Å². The number of carbonyl (C=O) groups excluding carboxylic acids is 2. The molecular formula is C21H20N2O3S. The fraction of sp³-hybridized carbons (Fsp3) is 0.238. The molecule has 2 aromatic carbocycles. The van der Waals surface area contributed by atoms with Gasteiger partial charge in [0.15, 0.2) is 0 Å². The molecule has 2 aromatic rings. The summed E-state index contributed by atoms with van der Waals surface area (Å²) < 4.78 is 4.92. The third-order valence-corrected chi connectivity index (χ3v) is 4.89. The fourth-order valence-electron chi connectivity index (χ4n) is 2.53. The molecule has 0 aliphatic carbocycles. The van der Waals surface area contributed by atoms with E-state index in [1.165, 1.54) is 5.56 Å². The zero-order valence-corrected chi connectivity index (χ0v) is 15.6. The predicted octanol–water partition coefficient (Wildman–Crippen LogP) is 3.04. The molecule has 0 radical (unpaired) electrons. The quantitative estimate of drug-likeness (QED) is 0.783. The molecule has 0 aromatic heterocycles. The Morgan fingerprint density at radius 3 is 2.63 bits per heavy atom. The van der Waals surface area contributed by atoms with Gasteiger partial charge >= 0.3 is 6.09 Å². The molecule has 0 atom stereocenters. The van der Waals surface area contributed by atoms with Crippen LogP contribution < -0.4 is 10.2 Å². The molecule has 6 heteroatoms. The molecule has 3 rings (SSSR count). The summed E-state index contributed by atoms with van der Waals surface area (Å²) in [5.74, 6) is 7.16. The van der Waals surface area contributed by atoms with Crippen molar-refractivity contribution in [2.75, 3.05) is 30.3 Å². The molecule has 1 N–H and O–H groups in total. The van der Waals surface area contributed by atoms with Crippen molar-refractivity contribution in [1.29, 1.82) is 0 Å². The van der Waals surface area contributed by atoms with Crippen LogP contribution in [0.15, 0.2) is 54.6 Å². The first-order chi connectivity index (χ1) is 13.2. The van der Waals surface area contributed by atoms with Crippen LogP contribution in [-0.4, -0.2) is 37.4 Å². The van der Waals surface area contributed by atoms with Gasteiger partial charge in [0, 0.05) is 17.0 Å². The van der Waals surface area contributed by atoms with Gasteiger partial charge in [-0.15, -0.1) is 11.8 Å². The maximum absolute atomic E-state index is 11.8. The van der Waals surface area contributed by atoms with E-state index in [1.54, 1.807) is 16.7 Å². The number of carbonyl (C=O) groups is 2. The second kappa shape index (κ2) is 9.70. The second-order valence-electron chi connectivity index (χ2n) is 5.87. The lowest BCUT2D eigenvalue weighted by Gasteiger charge is -2.11. The number of nitrogens with zero attached hydrogens (tertiary/aromatic N) is 1. The fourth-order valence-corrected chi connectivity index (χ4v) is 3.35. The highest BCUT2D eigenvalue weighted by atomic mass is 32.2. The summed E-state index contributed by atoms with van der Waals surface area (Å²) in [6.07, 6.45) is -0.318. The van der Waals surface area contributed by atoms with Crippen LogP contribution in [0.25, 0.3) is 0 Å². The largest absolute Gasteiger partial charge is 0.447 e. The number of cyclic esters (lactones) is 1. The smallest absolute Gasteiger partial charge is 0.414 e. The van der Waals surface area contributed by atoms with Gasteiger partial charge in [-0.1, -0.05) is 42.2 Å². The molecule has 1 heterocycles. The minimum Gasteiger partial charge on any atom is -0.447 e. The molecule has 5 nitrogen and oxygen atoms in total. The van der Waals surface area contributed by atoms with Gasteiger partial charge in [0.2, 0.25) is 5.91 Å². The van der Waals surface area contributed by atoms with E-state index in [2.05, 4.69) is 17.2 Å². The molecule has 0 saturated carbocycles. The van der Waals surface area contributed by atoms with Gasteiger partial charge in [-0.3, -0.25) is 9.69 Å². The number of ether oxygens (including phenoxy) is 1. The highest BCUT2D eigenvalue weighted by Crippen LogP contribution is 2.18. The summed E-state index contributed by atoms with van der Waals surface area (Å²) in [7, 11) is 0. The van der Waals surface area contributed by atoms with Crippen LogP contribution in [0.1, 0.15) is 11.1 Å². The Kier molecular flexibility index (Phi) is 6.78. The standard InChI is InChI=1S/C21H20N2O3S/c24-20(16-27-15-18-5-2-1-3-6-18)22-12-4-7-17-8-10-19(11-9-17)23-13-14-26-21(23)25/h1-3,5-6,8-11H,12-16H2,(H,22,24). The first-order valence-corrected chi connectivity index (χ1v) is 9.79. The van der Waals surface area contributed by atoms with Gasteiger partial charge in [0.05, 0.1) is 18.8 Å². The molecule has 0 spiro atoms. The number of anilines is 1. The number of amides is 2. The molecule has 2 amide bonds. The van der Waals surface area contributed by atoms with Crippen molar-refractivity contribution in [2.24, 2.45) is 0 Å². The normalized spacial score (nSPS) is 12.9. The highest BCUT2D eigenvalue weighted by Gasteiger charge is 2.23. The van der Waals surface area contributed by atoms with Crippen molar-refractivity contribution in [3.8, 4) is 11.8 Å². The van der Waals surface area contributed by atoms with Crippen molar-refractivity contribution >= 4 is 29.4 Å². The summed E-state index contributed by atoms with van der Waals surface area (Å²) >= 11 is 1.58. The number of hydrogen-bond donors (Lipinski definition) is 1. The Morgan fingerprint density at radius 1 is 1.15 bits per heavy atom. The minimum atomic E-state index is -0.318. The lowest BCUT2D eigenvalue weighted by molar-refractivity contribution is -0.118. The van der Waals surface area contributed by atoms with Crippen LogP contribution >= 0.6 is 11.8 Å². The first kappa shape index (κ1) is 18.9.